The van der Waals surface area contributed by atoms with Gasteiger partial charge in [-0.25, -0.2) is 4.98 Å². The number of nitrogens with zero attached hydrogens (tertiary/aromatic N) is 2. The van der Waals surface area contributed by atoms with Crippen LogP contribution >= 0.6 is 0 Å². The first kappa shape index (κ1) is 12.2. The molecule has 2 aromatic rings. The summed E-state index contributed by atoms with van der Waals surface area (Å²) in [5.74, 6) is 0.856. The van der Waals surface area contributed by atoms with E-state index in [9.17, 15) is 4.79 Å². The number of aromatic nitrogens is 2. The van der Waals surface area contributed by atoms with Gasteiger partial charge in [-0.1, -0.05) is 31.4 Å². The smallest absolute Gasteiger partial charge is 0.293 e. The van der Waals surface area contributed by atoms with E-state index < -0.39 is 0 Å². The Labute approximate surface area is 112 Å². The van der Waals surface area contributed by atoms with E-state index in [1.54, 1.807) is 0 Å². The molecular formula is C15H19N3O. The first-order valence-electron chi connectivity index (χ1n) is 6.93. The van der Waals surface area contributed by atoms with Crippen LogP contribution in [0.3, 0.4) is 0 Å². The molecule has 4 nitrogen and oxygen atoms in total. The molecule has 1 atom stereocenters. The van der Waals surface area contributed by atoms with E-state index in [-0.39, 0.29) is 17.4 Å². The molecule has 19 heavy (non-hydrogen) atoms. The van der Waals surface area contributed by atoms with Gasteiger partial charge in [0.1, 0.15) is 0 Å². The third-order valence-electron chi connectivity index (χ3n) is 4.16. The molecule has 100 valence electrons. The number of nitrogen functional groups attached to an aromatic ring is 1. The number of benzene rings is 1. The zero-order valence-corrected chi connectivity index (χ0v) is 11.2. The summed E-state index contributed by atoms with van der Waals surface area (Å²) >= 11 is 0. The van der Waals surface area contributed by atoms with Crippen LogP contribution in [0.1, 0.15) is 38.6 Å². The van der Waals surface area contributed by atoms with Crippen molar-refractivity contribution in [3.63, 3.8) is 0 Å². The average Bonchev–Trinajstić information content (AvgIpc) is 2.35. The number of anilines is 1. The Balaban J connectivity index is 2.09. The van der Waals surface area contributed by atoms with Gasteiger partial charge in [0.2, 0.25) is 0 Å². The standard InChI is InChI=1S/C15H19N3O/c1-10(9-11-5-4-6-11)18-13-8-3-2-7-12(13)17-14(16)15(18)19/h2-3,7-8,10-11H,4-6,9H2,1H3,(H2,16,17)/t10-/m0/s1. The Hall–Kier alpha value is -1.84. The Kier molecular flexibility index (Phi) is 3.01. The predicted molar refractivity (Wildman–Crippen MR) is 77.1 cm³/mol. The Morgan fingerprint density at radius 3 is 2.84 bits per heavy atom. The molecule has 0 bridgehead atoms. The van der Waals surface area contributed by atoms with Crippen molar-refractivity contribution in [2.24, 2.45) is 5.92 Å². The van der Waals surface area contributed by atoms with Gasteiger partial charge in [0, 0.05) is 6.04 Å². The lowest BCUT2D eigenvalue weighted by Gasteiger charge is -2.29. The third kappa shape index (κ3) is 2.11. The molecule has 0 aliphatic heterocycles. The van der Waals surface area contributed by atoms with Gasteiger partial charge >= 0.3 is 0 Å². The second-order valence-electron chi connectivity index (χ2n) is 5.54. The molecule has 0 spiro atoms. The highest BCUT2D eigenvalue weighted by molar-refractivity contribution is 5.76. The van der Waals surface area contributed by atoms with Gasteiger partial charge in [-0.3, -0.25) is 4.79 Å². The van der Waals surface area contributed by atoms with Crippen molar-refractivity contribution in [2.75, 3.05) is 5.73 Å². The van der Waals surface area contributed by atoms with Crippen LogP contribution in [0.15, 0.2) is 29.1 Å². The van der Waals surface area contributed by atoms with Gasteiger partial charge in [0.15, 0.2) is 5.82 Å². The molecule has 1 fully saturated rings. The minimum atomic E-state index is -0.162. The topological polar surface area (TPSA) is 60.9 Å². The molecule has 4 heteroatoms. The lowest BCUT2D eigenvalue weighted by Crippen LogP contribution is -2.29. The molecule has 1 heterocycles. The van der Waals surface area contributed by atoms with Crippen LogP contribution in [0.25, 0.3) is 11.0 Å². The SMILES string of the molecule is C[C@@H](CC1CCC1)n1c(=O)c(N)nc2ccccc21. The Bertz CT molecular complexity index is 658. The second kappa shape index (κ2) is 4.68. The van der Waals surface area contributed by atoms with Crippen LogP contribution in [0.4, 0.5) is 5.82 Å². The molecule has 1 saturated carbocycles. The molecule has 3 rings (SSSR count). The summed E-state index contributed by atoms with van der Waals surface area (Å²) in [5, 5.41) is 0. The summed E-state index contributed by atoms with van der Waals surface area (Å²) in [6.07, 6.45) is 4.95. The molecule has 0 amide bonds. The number of hydrogen-bond donors (Lipinski definition) is 1. The minimum absolute atomic E-state index is 0.0964. The second-order valence-corrected chi connectivity index (χ2v) is 5.54. The molecule has 1 aliphatic carbocycles. The fourth-order valence-electron chi connectivity index (χ4n) is 2.93. The fraction of sp³-hybridized carbons (Fsp3) is 0.467. The van der Waals surface area contributed by atoms with E-state index in [4.69, 9.17) is 5.73 Å². The van der Waals surface area contributed by atoms with E-state index in [1.807, 2.05) is 28.8 Å². The highest BCUT2D eigenvalue weighted by Crippen LogP contribution is 2.34. The highest BCUT2D eigenvalue weighted by atomic mass is 16.1. The molecular weight excluding hydrogens is 238 g/mol. The van der Waals surface area contributed by atoms with Gasteiger partial charge in [-0.05, 0) is 31.4 Å². The zero-order valence-electron chi connectivity index (χ0n) is 11.2. The van der Waals surface area contributed by atoms with E-state index in [0.717, 1.165) is 23.4 Å². The molecule has 1 aromatic heterocycles. The fourth-order valence-corrected chi connectivity index (χ4v) is 2.93. The molecule has 1 aromatic carbocycles. The summed E-state index contributed by atoms with van der Waals surface area (Å²) in [6, 6.07) is 7.87. The van der Waals surface area contributed by atoms with E-state index in [2.05, 4.69) is 11.9 Å². The Morgan fingerprint density at radius 1 is 1.42 bits per heavy atom. The first-order valence-corrected chi connectivity index (χ1v) is 6.93. The molecule has 1 aliphatic rings. The van der Waals surface area contributed by atoms with Crippen molar-refractivity contribution in [3.05, 3.63) is 34.6 Å². The van der Waals surface area contributed by atoms with E-state index in [0.29, 0.717) is 0 Å². The lowest BCUT2D eigenvalue weighted by atomic mass is 9.81. The van der Waals surface area contributed by atoms with Crippen LogP contribution in [-0.4, -0.2) is 9.55 Å². The number of rotatable bonds is 3. The first-order chi connectivity index (χ1) is 9.16. The average molecular weight is 257 g/mol. The van der Waals surface area contributed by atoms with Crippen molar-refractivity contribution in [1.82, 2.24) is 9.55 Å². The third-order valence-corrected chi connectivity index (χ3v) is 4.16. The van der Waals surface area contributed by atoms with Crippen LogP contribution in [0, 0.1) is 5.92 Å². The van der Waals surface area contributed by atoms with Gasteiger partial charge in [0.25, 0.3) is 5.56 Å². The van der Waals surface area contributed by atoms with Crippen LogP contribution in [-0.2, 0) is 0 Å². The maximum absolute atomic E-state index is 12.3. The maximum Gasteiger partial charge on any atom is 0.293 e. The predicted octanol–water partition coefficient (Wildman–Crippen LogP) is 2.73. The van der Waals surface area contributed by atoms with Crippen LogP contribution < -0.4 is 11.3 Å². The number of fused-ring (bicyclic) bond motifs is 1. The zero-order chi connectivity index (χ0) is 13.4. The van der Waals surface area contributed by atoms with Crippen LogP contribution in [0.5, 0.6) is 0 Å². The van der Waals surface area contributed by atoms with Crippen LogP contribution in [0.2, 0.25) is 0 Å². The Morgan fingerprint density at radius 2 is 2.16 bits per heavy atom. The minimum Gasteiger partial charge on any atom is -0.379 e. The molecule has 0 saturated heterocycles. The summed E-state index contributed by atoms with van der Waals surface area (Å²) < 4.78 is 1.82. The van der Waals surface area contributed by atoms with Crippen molar-refractivity contribution < 1.29 is 0 Å². The quantitative estimate of drug-likeness (QED) is 0.919. The van der Waals surface area contributed by atoms with E-state index in [1.165, 1.54) is 19.3 Å². The number of para-hydroxylation sites is 2. The van der Waals surface area contributed by atoms with Gasteiger partial charge in [-0.2, -0.15) is 0 Å². The maximum atomic E-state index is 12.3. The largest absolute Gasteiger partial charge is 0.379 e. The molecule has 0 unspecified atom stereocenters. The van der Waals surface area contributed by atoms with Crippen molar-refractivity contribution in [3.8, 4) is 0 Å². The van der Waals surface area contributed by atoms with Crippen molar-refractivity contribution in [2.45, 2.75) is 38.6 Å². The summed E-state index contributed by atoms with van der Waals surface area (Å²) in [4.78, 5) is 16.5. The molecule has 0 radical (unpaired) electrons. The van der Waals surface area contributed by atoms with E-state index >= 15 is 0 Å². The van der Waals surface area contributed by atoms with Crippen molar-refractivity contribution >= 4 is 16.9 Å². The summed E-state index contributed by atoms with van der Waals surface area (Å²) in [5.41, 5.74) is 7.27. The summed E-state index contributed by atoms with van der Waals surface area (Å²) in [7, 11) is 0. The monoisotopic (exact) mass is 257 g/mol. The van der Waals surface area contributed by atoms with Gasteiger partial charge in [0.05, 0.1) is 11.0 Å². The summed E-state index contributed by atoms with van der Waals surface area (Å²) in [6.45, 7) is 2.10. The van der Waals surface area contributed by atoms with Gasteiger partial charge in [-0.15, -0.1) is 0 Å². The highest BCUT2D eigenvalue weighted by Gasteiger charge is 2.22. The lowest BCUT2D eigenvalue weighted by molar-refractivity contribution is 0.257. The van der Waals surface area contributed by atoms with Crippen molar-refractivity contribution in [1.29, 1.82) is 0 Å². The normalized spacial score (nSPS) is 17.3. The van der Waals surface area contributed by atoms with Gasteiger partial charge < -0.3 is 10.3 Å². The number of hydrogen-bond acceptors (Lipinski definition) is 3. The molecule has 2 N–H and O–H groups in total. The number of nitrogens with two attached hydrogens (primary N) is 1.